The molecule has 2 rings (SSSR count). The van der Waals surface area contributed by atoms with Crippen molar-refractivity contribution in [3.63, 3.8) is 0 Å². The average Bonchev–Trinajstić information content (AvgIpc) is 2.70. The Morgan fingerprint density at radius 1 is 1.53 bits per heavy atom. The van der Waals surface area contributed by atoms with Crippen LogP contribution in [0.1, 0.15) is 11.1 Å². The van der Waals surface area contributed by atoms with E-state index in [0.29, 0.717) is 11.4 Å². The maximum Gasteiger partial charge on any atom is 0.167 e. The fourth-order valence-corrected chi connectivity index (χ4v) is 1.60. The van der Waals surface area contributed by atoms with E-state index < -0.39 is 0 Å². The Morgan fingerprint density at radius 2 is 2.33 bits per heavy atom. The number of rotatable bonds is 1. The molecule has 0 saturated heterocycles. The van der Waals surface area contributed by atoms with Crippen LogP contribution in [0.2, 0.25) is 0 Å². The van der Waals surface area contributed by atoms with Crippen LogP contribution in [0.15, 0.2) is 29.1 Å². The van der Waals surface area contributed by atoms with Gasteiger partial charge in [-0.3, -0.25) is 0 Å². The minimum absolute atomic E-state index is 0.519. The first-order chi connectivity index (χ1) is 7.22. The second-order valence-corrected chi connectivity index (χ2v) is 3.84. The van der Waals surface area contributed by atoms with Gasteiger partial charge >= 0.3 is 0 Å². The summed E-state index contributed by atoms with van der Waals surface area (Å²) in [6.07, 6.45) is 4.87. The third-order valence-corrected chi connectivity index (χ3v) is 2.97. The van der Waals surface area contributed by atoms with Gasteiger partial charge in [-0.05, 0) is 34.5 Å². The molecule has 0 aliphatic rings. The summed E-state index contributed by atoms with van der Waals surface area (Å²) in [7, 11) is 0. The van der Waals surface area contributed by atoms with E-state index in [4.69, 9.17) is 5.26 Å². The van der Waals surface area contributed by atoms with Gasteiger partial charge in [0.15, 0.2) is 5.82 Å². The summed E-state index contributed by atoms with van der Waals surface area (Å²) in [5.74, 6) is 0.691. The minimum atomic E-state index is 0.519. The molecular weight excluding hydrogens is 256 g/mol. The predicted octanol–water partition coefficient (Wildman–Crippen LogP) is 2.21. The summed E-state index contributed by atoms with van der Waals surface area (Å²) >= 11 is 3.44. The van der Waals surface area contributed by atoms with Crippen molar-refractivity contribution in [1.29, 1.82) is 5.26 Å². The number of hydrogen-bond acceptors (Lipinski definition) is 3. The van der Waals surface area contributed by atoms with Crippen molar-refractivity contribution in [2.75, 3.05) is 0 Å². The summed E-state index contributed by atoms with van der Waals surface area (Å²) in [4.78, 5) is 4.20. The maximum absolute atomic E-state index is 8.69. The quantitative estimate of drug-likeness (QED) is 0.792. The Kier molecular flexibility index (Phi) is 2.52. The fraction of sp³-hybridized carbons (Fsp3) is 0.100. The van der Waals surface area contributed by atoms with Gasteiger partial charge in [0, 0.05) is 6.20 Å². The van der Waals surface area contributed by atoms with Crippen LogP contribution < -0.4 is 0 Å². The number of hydrogen-bond donors (Lipinski definition) is 0. The first kappa shape index (κ1) is 9.87. The van der Waals surface area contributed by atoms with Crippen molar-refractivity contribution in [1.82, 2.24) is 14.8 Å². The van der Waals surface area contributed by atoms with Crippen molar-refractivity contribution in [3.8, 4) is 11.9 Å². The average molecular weight is 263 g/mol. The summed E-state index contributed by atoms with van der Waals surface area (Å²) < 4.78 is 2.47. The Labute approximate surface area is 95.3 Å². The summed E-state index contributed by atoms with van der Waals surface area (Å²) in [6, 6.07) is 3.93. The molecule has 0 unspecified atom stereocenters. The molecule has 0 amide bonds. The number of halogens is 1. The molecule has 0 aliphatic carbocycles. The zero-order chi connectivity index (χ0) is 10.8. The molecule has 0 fully saturated rings. The largest absolute Gasteiger partial charge is 0.236 e. The molecule has 74 valence electrons. The van der Waals surface area contributed by atoms with Gasteiger partial charge in [-0.25, -0.2) is 9.67 Å². The lowest BCUT2D eigenvalue weighted by Crippen LogP contribution is -1.99. The molecule has 4 nitrogen and oxygen atoms in total. The monoisotopic (exact) mass is 262 g/mol. The van der Waals surface area contributed by atoms with Gasteiger partial charge in [-0.15, -0.1) is 0 Å². The third-order valence-electron chi connectivity index (χ3n) is 1.99. The van der Waals surface area contributed by atoms with E-state index in [-0.39, 0.29) is 0 Å². The van der Waals surface area contributed by atoms with Crippen molar-refractivity contribution in [3.05, 3.63) is 40.3 Å². The van der Waals surface area contributed by atoms with Crippen LogP contribution in [0.3, 0.4) is 0 Å². The van der Waals surface area contributed by atoms with Crippen LogP contribution in [0, 0.1) is 18.3 Å². The number of aromatic nitrogens is 3. The Hall–Kier alpha value is -1.67. The first-order valence-electron chi connectivity index (χ1n) is 4.28. The van der Waals surface area contributed by atoms with Gasteiger partial charge in [0.05, 0.1) is 22.4 Å². The second kappa shape index (κ2) is 3.83. The van der Waals surface area contributed by atoms with Crippen LogP contribution in [0.25, 0.3) is 5.82 Å². The van der Waals surface area contributed by atoms with E-state index in [0.717, 1.165) is 10.0 Å². The van der Waals surface area contributed by atoms with E-state index in [1.165, 1.54) is 6.20 Å². The van der Waals surface area contributed by atoms with Crippen molar-refractivity contribution < 1.29 is 0 Å². The molecule has 0 N–H and O–H groups in total. The van der Waals surface area contributed by atoms with Crippen molar-refractivity contribution in [2.24, 2.45) is 0 Å². The van der Waals surface area contributed by atoms with Crippen LogP contribution >= 0.6 is 15.9 Å². The number of nitrogens with zero attached hydrogens (tertiary/aromatic N) is 4. The molecule has 2 heterocycles. The fourth-order valence-electron chi connectivity index (χ4n) is 1.18. The SMILES string of the molecule is Cc1ccnc(-n2cc(C#N)cn2)c1Br. The molecule has 5 heteroatoms. The molecule has 15 heavy (non-hydrogen) atoms. The van der Waals surface area contributed by atoms with Crippen LogP contribution in [-0.2, 0) is 0 Å². The Bertz CT molecular complexity index is 539. The van der Waals surface area contributed by atoms with E-state index >= 15 is 0 Å². The van der Waals surface area contributed by atoms with Crippen molar-refractivity contribution >= 4 is 15.9 Å². The van der Waals surface area contributed by atoms with E-state index in [2.05, 4.69) is 26.0 Å². The highest BCUT2D eigenvalue weighted by Crippen LogP contribution is 2.21. The van der Waals surface area contributed by atoms with Gasteiger partial charge in [0.25, 0.3) is 0 Å². The lowest BCUT2D eigenvalue weighted by molar-refractivity contribution is 0.839. The highest BCUT2D eigenvalue weighted by molar-refractivity contribution is 9.10. The van der Waals surface area contributed by atoms with Gasteiger partial charge in [-0.1, -0.05) is 0 Å². The van der Waals surface area contributed by atoms with E-state index in [9.17, 15) is 0 Å². The first-order valence-corrected chi connectivity index (χ1v) is 5.08. The van der Waals surface area contributed by atoms with E-state index in [1.807, 2.05) is 19.1 Å². The highest BCUT2D eigenvalue weighted by Gasteiger charge is 2.07. The van der Waals surface area contributed by atoms with Gasteiger partial charge in [0.2, 0.25) is 0 Å². The maximum atomic E-state index is 8.69. The van der Waals surface area contributed by atoms with Crippen LogP contribution in [0.5, 0.6) is 0 Å². The topological polar surface area (TPSA) is 54.5 Å². The molecule has 0 bridgehead atoms. The molecule has 0 spiro atoms. The smallest absolute Gasteiger partial charge is 0.167 e. The molecule has 0 aliphatic heterocycles. The van der Waals surface area contributed by atoms with Crippen LogP contribution in [0.4, 0.5) is 0 Å². The summed E-state index contributed by atoms with van der Waals surface area (Å²) in [6.45, 7) is 1.98. The van der Waals surface area contributed by atoms with Crippen LogP contribution in [-0.4, -0.2) is 14.8 Å². The molecule has 0 atom stereocenters. The lowest BCUT2D eigenvalue weighted by Gasteiger charge is -2.04. The van der Waals surface area contributed by atoms with E-state index in [1.54, 1.807) is 17.1 Å². The number of aryl methyl sites for hydroxylation is 1. The molecule has 2 aromatic rings. The predicted molar refractivity (Wildman–Crippen MR) is 58.5 cm³/mol. The molecule has 0 saturated carbocycles. The minimum Gasteiger partial charge on any atom is -0.236 e. The normalized spacial score (nSPS) is 9.93. The highest BCUT2D eigenvalue weighted by atomic mass is 79.9. The zero-order valence-corrected chi connectivity index (χ0v) is 9.56. The Morgan fingerprint density at radius 3 is 3.00 bits per heavy atom. The summed E-state index contributed by atoms with van der Waals surface area (Å²) in [5, 5.41) is 12.7. The number of nitriles is 1. The van der Waals surface area contributed by atoms with Gasteiger partial charge < -0.3 is 0 Å². The molecule has 0 radical (unpaired) electrons. The summed E-state index contributed by atoms with van der Waals surface area (Å²) in [5.41, 5.74) is 1.60. The Balaban J connectivity index is 2.55. The van der Waals surface area contributed by atoms with Gasteiger partial charge in [0.1, 0.15) is 6.07 Å². The third kappa shape index (κ3) is 1.76. The molecule has 2 aromatic heterocycles. The lowest BCUT2D eigenvalue weighted by atomic mass is 10.3. The zero-order valence-electron chi connectivity index (χ0n) is 7.98. The standard InChI is InChI=1S/C10H7BrN4/c1-7-2-3-13-10(9(7)11)15-6-8(4-12)5-14-15/h2-3,5-6H,1H3. The second-order valence-electron chi connectivity index (χ2n) is 3.05. The molecular formula is C10H7BrN4. The molecule has 0 aromatic carbocycles. The van der Waals surface area contributed by atoms with Gasteiger partial charge in [-0.2, -0.15) is 10.4 Å². The number of pyridine rings is 1. The van der Waals surface area contributed by atoms with Crippen molar-refractivity contribution in [2.45, 2.75) is 6.92 Å².